The van der Waals surface area contributed by atoms with Crippen LogP contribution in [0.25, 0.3) is 0 Å². The van der Waals surface area contributed by atoms with Gasteiger partial charge in [0.15, 0.2) is 0 Å². The minimum Gasteiger partial charge on any atom is -0.460 e. The van der Waals surface area contributed by atoms with Crippen LogP contribution >= 0.6 is 12.4 Å². The van der Waals surface area contributed by atoms with Gasteiger partial charge in [-0.15, -0.1) is 12.4 Å². The highest BCUT2D eigenvalue weighted by atomic mass is 35.5. The number of sulfonamides is 1. The van der Waals surface area contributed by atoms with Crippen LogP contribution in [-0.2, 0) is 14.8 Å². The summed E-state index contributed by atoms with van der Waals surface area (Å²) >= 11 is 0. The first-order chi connectivity index (χ1) is 10.0. The lowest BCUT2D eigenvalue weighted by atomic mass is 10.1. The molecule has 0 saturated heterocycles. The molecule has 0 radical (unpaired) electrons. The second-order valence-electron chi connectivity index (χ2n) is 4.48. The molecule has 0 fully saturated rings. The summed E-state index contributed by atoms with van der Waals surface area (Å²) in [5.74, 6) is -0.807. The second kappa shape index (κ2) is 8.33. The van der Waals surface area contributed by atoms with Crippen LogP contribution in [0.1, 0.15) is 23.9 Å². The Morgan fingerprint density at radius 2 is 2.23 bits per heavy atom. The zero-order valence-electron chi connectivity index (χ0n) is 12.1. The van der Waals surface area contributed by atoms with Crippen molar-refractivity contribution in [2.45, 2.75) is 18.4 Å². The number of hydrogen-bond acceptors (Lipinski definition) is 6. The predicted octanol–water partition coefficient (Wildman–Crippen LogP) is 1.08. The number of halogens is 1. The summed E-state index contributed by atoms with van der Waals surface area (Å²) in [6.07, 6.45) is 2.76. The molecule has 1 aliphatic rings. The Balaban J connectivity index is 0.00000242. The molecule has 9 heteroatoms. The number of furan rings is 1. The number of hydrogen-bond donors (Lipinski definition) is 2. The minimum atomic E-state index is -3.77. The van der Waals surface area contributed by atoms with Gasteiger partial charge in [-0.2, -0.15) is 0 Å². The fourth-order valence-electron chi connectivity index (χ4n) is 1.87. The van der Waals surface area contributed by atoms with Gasteiger partial charge in [-0.25, -0.2) is 17.9 Å². The van der Waals surface area contributed by atoms with Crippen LogP contribution in [0.5, 0.6) is 0 Å². The minimum absolute atomic E-state index is 0. The average molecular weight is 351 g/mol. The topological polar surface area (TPSA) is 97.6 Å². The van der Waals surface area contributed by atoms with E-state index < -0.39 is 16.0 Å². The highest BCUT2D eigenvalue weighted by Gasteiger charge is 2.22. The van der Waals surface area contributed by atoms with Gasteiger partial charge in [0, 0.05) is 13.1 Å². The van der Waals surface area contributed by atoms with E-state index in [1.165, 1.54) is 12.1 Å². The lowest BCUT2D eigenvalue weighted by Crippen LogP contribution is -2.29. The molecule has 0 unspecified atom stereocenters. The molecule has 0 aromatic carbocycles. The Labute approximate surface area is 135 Å². The average Bonchev–Trinajstić information content (AvgIpc) is 2.97. The van der Waals surface area contributed by atoms with E-state index in [-0.39, 0.29) is 36.4 Å². The summed E-state index contributed by atoms with van der Waals surface area (Å²) in [7, 11) is -3.77. The number of rotatable bonds is 6. The lowest BCUT2D eigenvalue weighted by Gasteiger charge is -2.14. The molecule has 1 aromatic rings. The highest BCUT2D eigenvalue weighted by Crippen LogP contribution is 2.15. The molecule has 7 nitrogen and oxygen atoms in total. The summed E-state index contributed by atoms with van der Waals surface area (Å²) in [6, 6.07) is 2.53. The first kappa shape index (κ1) is 18.7. The lowest BCUT2D eigenvalue weighted by molar-refractivity contribution is 0.0484. The van der Waals surface area contributed by atoms with Crippen molar-refractivity contribution in [3.8, 4) is 0 Å². The van der Waals surface area contributed by atoms with Gasteiger partial charge in [-0.3, -0.25) is 0 Å². The standard InChI is InChI=1S/C13H18N2O5S.ClH/c1-2-19-13(16)11-3-4-12(20-11)21(17,18)15-9-10-5-7-14-8-6-10;/h3-5,14-15H,2,6-9H2,1H3;1H. The fraction of sp³-hybridized carbons (Fsp3) is 0.462. The van der Waals surface area contributed by atoms with Crippen LogP contribution in [0.3, 0.4) is 0 Å². The van der Waals surface area contributed by atoms with Crippen molar-refractivity contribution in [2.24, 2.45) is 0 Å². The number of carbonyl (C=O) groups is 1. The van der Waals surface area contributed by atoms with Crippen molar-refractivity contribution in [1.82, 2.24) is 10.0 Å². The zero-order valence-corrected chi connectivity index (χ0v) is 13.8. The van der Waals surface area contributed by atoms with Crippen LogP contribution in [0.15, 0.2) is 33.3 Å². The molecule has 1 aliphatic heterocycles. The van der Waals surface area contributed by atoms with Gasteiger partial charge in [0.1, 0.15) is 0 Å². The maximum absolute atomic E-state index is 12.1. The smallest absolute Gasteiger partial charge is 0.374 e. The Bertz CT molecular complexity index is 639. The molecule has 2 N–H and O–H groups in total. The van der Waals surface area contributed by atoms with Crippen molar-refractivity contribution < 1.29 is 22.4 Å². The van der Waals surface area contributed by atoms with Crippen LogP contribution in [-0.4, -0.2) is 40.6 Å². The Kier molecular flexibility index (Phi) is 7.08. The maximum Gasteiger partial charge on any atom is 0.374 e. The van der Waals surface area contributed by atoms with E-state index in [4.69, 9.17) is 9.15 Å². The Morgan fingerprint density at radius 1 is 1.45 bits per heavy atom. The van der Waals surface area contributed by atoms with E-state index in [0.717, 1.165) is 25.1 Å². The summed E-state index contributed by atoms with van der Waals surface area (Å²) in [5, 5.41) is 2.86. The van der Waals surface area contributed by atoms with E-state index in [0.29, 0.717) is 0 Å². The fourth-order valence-corrected chi connectivity index (χ4v) is 2.83. The molecular weight excluding hydrogens is 332 g/mol. The molecule has 0 bridgehead atoms. The molecular formula is C13H19ClN2O5S. The van der Waals surface area contributed by atoms with E-state index in [1.807, 2.05) is 6.08 Å². The number of esters is 1. The SMILES string of the molecule is CCOC(=O)c1ccc(S(=O)(=O)NCC2=CCNCC2)o1.Cl. The Hall–Kier alpha value is -1.35. The summed E-state index contributed by atoms with van der Waals surface area (Å²) in [5.41, 5.74) is 1.02. The molecule has 0 saturated carbocycles. The van der Waals surface area contributed by atoms with Crippen LogP contribution < -0.4 is 10.0 Å². The first-order valence-electron chi connectivity index (χ1n) is 6.68. The molecule has 124 valence electrons. The van der Waals surface area contributed by atoms with Gasteiger partial charge in [0.25, 0.3) is 10.0 Å². The Morgan fingerprint density at radius 3 is 2.86 bits per heavy atom. The van der Waals surface area contributed by atoms with E-state index in [2.05, 4.69) is 10.0 Å². The van der Waals surface area contributed by atoms with Gasteiger partial charge in [0.05, 0.1) is 6.61 Å². The van der Waals surface area contributed by atoms with Crippen molar-refractivity contribution in [3.05, 3.63) is 29.5 Å². The first-order valence-corrected chi connectivity index (χ1v) is 8.16. The van der Waals surface area contributed by atoms with Crippen molar-refractivity contribution in [1.29, 1.82) is 0 Å². The van der Waals surface area contributed by atoms with Crippen LogP contribution in [0.2, 0.25) is 0 Å². The van der Waals surface area contributed by atoms with E-state index >= 15 is 0 Å². The van der Waals surface area contributed by atoms with Gasteiger partial charge < -0.3 is 14.5 Å². The number of ether oxygens (including phenoxy) is 1. The predicted molar refractivity (Wildman–Crippen MR) is 82.7 cm³/mol. The molecule has 0 atom stereocenters. The van der Waals surface area contributed by atoms with Gasteiger partial charge in [0.2, 0.25) is 10.9 Å². The summed E-state index contributed by atoms with van der Waals surface area (Å²) < 4.78 is 36.4. The van der Waals surface area contributed by atoms with Crippen molar-refractivity contribution in [2.75, 3.05) is 26.2 Å². The monoisotopic (exact) mass is 350 g/mol. The second-order valence-corrected chi connectivity index (χ2v) is 6.18. The molecule has 0 amide bonds. The molecule has 2 heterocycles. The third-order valence-electron chi connectivity index (χ3n) is 2.97. The van der Waals surface area contributed by atoms with Gasteiger partial charge in [-0.05, 0) is 32.0 Å². The van der Waals surface area contributed by atoms with Crippen molar-refractivity contribution in [3.63, 3.8) is 0 Å². The molecule has 0 spiro atoms. The molecule has 1 aromatic heterocycles. The molecule has 22 heavy (non-hydrogen) atoms. The number of carbonyl (C=O) groups excluding carboxylic acids is 1. The maximum atomic E-state index is 12.1. The number of nitrogens with one attached hydrogen (secondary N) is 2. The normalized spacial score (nSPS) is 14.9. The summed E-state index contributed by atoms with van der Waals surface area (Å²) in [4.78, 5) is 11.4. The third kappa shape index (κ3) is 4.84. The molecule has 0 aliphatic carbocycles. The quantitative estimate of drug-likeness (QED) is 0.588. The third-order valence-corrected chi connectivity index (χ3v) is 4.24. The zero-order chi connectivity index (χ0) is 15.3. The highest BCUT2D eigenvalue weighted by molar-refractivity contribution is 7.89. The largest absolute Gasteiger partial charge is 0.460 e. The van der Waals surface area contributed by atoms with Crippen LogP contribution in [0, 0.1) is 0 Å². The van der Waals surface area contributed by atoms with E-state index in [9.17, 15) is 13.2 Å². The van der Waals surface area contributed by atoms with Crippen LogP contribution in [0.4, 0.5) is 0 Å². The summed E-state index contributed by atoms with van der Waals surface area (Å²) in [6.45, 7) is 3.67. The van der Waals surface area contributed by atoms with E-state index in [1.54, 1.807) is 6.92 Å². The van der Waals surface area contributed by atoms with Gasteiger partial charge >= 0.3 is 5.97 Å². The van der Waals surface area contributed by atoms with Gasteiger partial charge in [-0.1, -0.05) is 11.6 Å². The van der Waals surface area contributed by atoms with Crippen molar-refractivity contribution >= 4 is 28.4 Å². The molecule has 2 rings (SSSR count).